The van der Waals surface area contributed by atoms with Crippen LogP contribution in [0.5, 0.6) is 0 Å². The van der Waals surface area contributed by atoms with Gasteiger partial charge in [0.2, 0.25) is 0 Å². The van der Waals surface area contributed by atoms with Gasteiger partial charge < -0.3 is 33.8 Å². The summed E-state index contributed by atoms with van der Waals surface area (Å²) < 4.78 is 0. The molecule has 0 nitrogen and oxygen atoms in total. The van der Waals surface area contributed by atoms with Crippen molar-refractivity contribution in [2.45, 2.75) is 0 Å². The van der Waals surface area contributed by atoms with Crippen molar-refractivity contribution in [2.24, 2.45) is 0 Å². The number of rotatable bonds is 11. The molecular weight excluding hydrogens is 805 g/mol. The lowest BCUT2D eigenvalue weighted by Gasteiger charge is -2.57. The third-order valence-electron chi connectivity index (χ3n) is 2.04. The topological polar surface area (TPSA) is 0 Å². The van der Waals surface area contributed by atoms with Crippen molar-refractivity contribution in [3.8, 4) is 0 Å². The highest BCUT2D eigenvalue weighted by Gasteiger charge is 2.45. The molecule has 0 aliphatic carbocycles. The van der Waals surface area contributed by atoms with Gasteiger partial charge >= 0.3 is 0 Å². The Bertz CT molecular complexity index is 314. The second kappa shape index (κ2) is 20.1. The van der Waals surface area contributed by atoms with E-state index in [9.17, 15) is 0 Å². The monoisotopic (exact) mass is 831 g/mol. The predicted molar refractivity (Wildman–Crippen MR) is 215 cm³/mol. The lowest BCUT2D eigenvalue weighted by molar-refractivity contribution is 4.44. The van der Waals surface area contributed by atoms with E-state index < -0.39 is 0 Å². The fourth-order valence-corrected chi connectivity index (χ4v) is 326. The second-order valence-electron chi connectivity index (χ2n) is 3.90. The Balaban J connectivity index is 6.53. The number of hydrogen-bond acceptors (Lipinski definition) is 0. The van der Waals surface area contributed by atoms with Gasteiger partial charge in [-0.25, -0.2) is 6.99 Å². The highest BCUT2D eigenvalue weighted by Crippen LogP contribution is 3.35. The van der Waals surface area contributed by atoms with Gasteiger partial charge in [0.25, 0.3) is 0 Å². The smallest absolute Gasteiger partial charge is 0.000702 e. The summed E-state index contributed by atoms with van der Waals surface area (Å²) >= 11 is 0. The summed E-state index contributed by atoms with van der Waals surface area (Å²) in [6, 6.07) is 0. The van der Waals surface area contributed by atoms with Gasteiger partial charge in [-0.3, -0.25) is 0 Å². The maximum atomic E-state index is 4.11. The zero-order valence-electron chi connectivity index (χ0n) is 13.2. The van der Waals surface area contributed by atoms with E-state index in [2.05, 4.69) is 125 Å². The highest BCUT2D eigenvalue weighted by atomic mass is 33.5. The molecule has 0 aliphatic rings. The first-order valence-corrected chi connectivity index (χ1v) is 51.4. The van der Waals surface area contributed by atoms with Crippen LogP contribution in [0.2, 0.25) is 0 Å². The minimum absolute atomic E-state index is 0.00687. The molecule has 0 aromatic carbocycles. The highest BCUT2D eigenvalue weighted by molar-refractivity contribution is 9.41. The summed E-state index contributed by atoms with van der Waals surface area (Å²) in [6.45, 7) is -0.732. The molecule has 26 heteroatoms. The molecule has 14 atom stereocenters. The van der Waals surface area contributed by atoms with Crippen LogP contribution in [0.25, 0.3) is 0 Å². The van der Waals surface area contributed by atoms with Gasteiger partial charge in [0.1, 0.15) is 0 Å². The van der Waals surface area contributed by atoms with Crippen LogP contribution in [0.3, 0.4) is 0 Å². The summed E-state index contributed by atoms with van der Waals surface area (Å²) in [7, 11) is 47.6. The van der Waals surface area contributed by atoms with Crippen molar-refractivity contribution < 1.29 is 0 Å². The lowest BCUT2D eigenvalue weighted by atomic mass is 28.5. The standard InChI is InChI=1S/H25P26/c1-15(2)22(16(3)4)25(21(13)14)26(23(17(5)6)18(7)8)24(19(9)10)20(11)12/h1-3H,4-14H2/q-3. The zero-order chi connectivity index (χ0) is 20.9. The summed E-state index contributed by atoms with van der Waals surface area (Å²) in [5, 5.41) is 0. The Morgan fingerprint density at radius 3 is 0.769 bits per heavy atom. The molecule has 0 fully saturated rings. The van der Waals surface area contributed by atoms with Gasteiger partial charge in [0.05, 0.1) is 0 Å². The summed E-state index contributed by atoms with van der Waals surface area (Å²) in [5.41, 5.74) is 0. The molecule has 0 spiro atoms. The van der Waals surface area contributed by atoms with Gasteiger partial charge in [-0.15, -0.1) is 105 Å². The Morgan fingerprint density at radius 2 is 0.615 bits per heavy atom. The first kappa shape index (κ1) is 37.2. The maximum absolute atomic E-state index is 4.11. The fourth-order valence-electron chi connectivity index (χ4n) is 1.34. The van der Waals surface area contributed by atoms with E-state index in [-0.39, 0.29) is 83.8 Å². The minimum atomic E-state index is -0.269. The quantitative estimate of drug-likeness (QED) is 0.182. The molecule has 0 saturated carbocycles. The molecule has 0 aromatic heterocycles. The average molecular weight is 831 g/mol. The van der Waals surface area contributed by atoms with Crippen molar-refractivity contribution in [2.75, 3.05) is 0 Å². The molecule has 0 saturated heterocycles. The first-order chi connectivity index (χ1) is 11.7. The third-order valence-corrected chi connectivity index (χ3v) is 166. The van der Waals surface area contributed by atoms with Gasteiger partial charge in [0.15, 0.2) is 0 Å². The predicted octanol–water partition coefficient (Wildman–Crippen LogP) is 15.7. The molecule has 158 valence electrons. The zero-order valence-corrected chi connectivity index (χ0v) is 39.7. The molecular formula is H25P26-3. The van der Waals surface area contributed by atoms with Crippen LogP contribution < -0.4 is 0 Å². The van der Waals surface area contributed by atoms with Gasteiger partial charge in [-0.05, 0) is 62.9 Å². The van der Waals surface area contributed by atoms with Crippen LogP contribution in [0, 0.1) is 0 Å². The molecule has 0 radical (unpaired) electrons. The third kappa shape index (κ3) is 13.5. The Morgan fingerprint density at radius 1 is 0.346 bits per heavy atom. The Hall–Kier alpha value is 11.2. The largest absolute Gasteiger partial charge is 0.553 e. The summed E-state index contributed by atoms with van der Waals surface area (Å²) in [4.78, 5) is 0. The second-order valence-corrected chi connectivity index (χ2v) is 105. The number of hydrogen-bond donors (Lipinski definition) is 0. The molecule has 14 unspecified atom stereocenters. The molecule has 0 bridgehead atoms. The van der Waals surface area contributed by atoms with E-state index in [1.807, 2.05) is 0 Å². The van der Waals surface area contributed by atoms with Crippen molar-refractivity contribution in [3.63, 3.8) is 0 Å². The van der Waals surface area contributed by atoms with Crippen molar-refractivity contribution >= 4 is 209 Å². The van der Waals surface area contributed by atoms with Crippen LogP contribution in [-0.4, -0.2) is 0 Å². The normalized spacial score (nSPS) is 17.2. The van der Waals surface area contributed by atoms with Gasteiger partial charge in [0, 0.05) is 0 Å². The molecule has 0 heterocycles. The SMILES string of the molecule is [PH-]P([PH-])P(P([PH-])P)P(P(P)P)P(P(P(P)P)P(P)P)P(P(P)P)P(P)P. The summed E-state index contributed by atoms with van der Waals surface area (Å²) in [5.74, 6) is 0. The van der Waals surface area contributed by atoms with Crippen LogP contribution >= 0.6 is 209 Å². The molecule has 0 amide bonds. The van der Waals surface area contributed by atoms with Gasteiger partial charge in [-0.2, -0.15) is 0 Å². The lowest BCUT2D eigenvalue weighted by Crippen LogP contribution is -1.61. The summed E-state index contributed by atoms with van der Waals surface area (Å²) in [6.07, 6.45) is 0. The molecule has 26 heavy (non-hydrogen) atoms. The van der Waals surface area contributed by atoms with Crippen molar-refractivity contribution in [1.82, 2.24) is 0 Å². The minimum Gasteiger partial charge on any atom is -0.553 e. The van der Waals surface area contributed by atoms with Crippen molar-refractivity contribution in [3.05, 3.63) is 0 Å². The molecule has 0 aromatic rings. The van der Waals surface area contributed by atoms with Crippen LogP contribution in [0.15, 0.2) is 0 Å². The van der Waals surface area contributed by atoms with Crippen LogP contribution in [-0.2, 0) is 0 Å². The van der Waals surface area contributed by atoms with E-state index >= 15 is 0 Å². The van der Waals surface area contributed by atoms with Crippen molar-refractivity contribution in [1.29, 1.82) is 0 Å². The van der Waals surface area contributed by atoms with E-state index in [0.29, 0.717) is 0 Å². The average Bonchev–Trinajstić information content (AvgIpc) is 2.40. The fraction of sp³-hybridized carbons (Fsp3) is 0. The Kier molecular flexibility index (Phi) is 28.8. The van der Waals surface area contributed by atoms with Gasteiger partial charge in [-0.1, -0.05) is 0 Å². The molecule has 0 rings (SSSR count). The Labute approximate surface area is 206 Å². The van der Waals surface area contributed by atoms with E-state index in [0.717, 1.165) is 0 Å². The van der Waals surface area contributed by atoms with Crippen LogP contribution in [0.4, 0.5) is 0 Å². The van der Waals surface area contributed by atoms with Crippen LogP contribution in [0.1, 0.15) is 0 Å². The molecule has 0 N–H and O–H groups in total. The first-order valence-electron chi connectivity index (χ1n) is 5.71. The van der Waals surface area contributed by atoms with E-state index in [1.54, 1.807) is 0 Å². The molecule has 0 aliphatic heterocycles. The van der Waals surface area contributed by atoms with E-state index in [4.69, 9.17) is 0 Å². The maximum Gasteiger partial charge on any atom is -0.000702 e. The van der Waals surface area contributed by atoms with E-state index in [1.165, 1.54) is 0 Å².